The number of furan rings is 1. The Morgan fingerprint density at radius 2 is 2.11 bits per heavy atom. The fraction of sp³-hybridized carbons (Fsp3) is 0.500. The molecule has 1 aromatic heterocycles. The summed E-state index contributed by atoms with van der Waals surface area (Å²) in [6.45, 7) is 5.66. The molecule has 6 nitrogen and oxygen atoms in total. The highest BCUT2D eigenvalue weighted by molar-refractivity contribution is 5.79. The van der Waals surface area contributed by atoms with E-state index in [-0.39, 0.29) is 0 Å². The van der Waals surface area contributed by atoms with Crippen LogP contribution in [-0.4, -0.2) is 30.3 Å². The Morgan fingerprint density at radius 3 is 2.82 bits per heavy atom. The van der Waals surface area contributed by atoms with Gasteiger partial charge in [0.25, 0.3) is 0 Å². The molecule has 3 rings (SSSR count). The van der Waals surface area contributed by atoms with E-state index in [0.717, 1.165) is 30.7 Å². The van der Waals surface area contributed by atoms with Crippen LogP contribution in [0.4, 0.5) is 0 Å². The summed E-state index contributed by atoms with van der Waals surface area (Å²) in [6, 6.07) is 9.80. The zero-order valence-electron chi connectivity index (χ0n) is 16.8. The van der Waals surface area contributed by atoms with Crippen LogP contribution < -0.4 is 15.4 Å². The lowest BCUT2D eigenvalue weighted by atomic mass is 10.1. The second kappa shape index (κ2) is 10.2. The molecule has 1 saturated carbocycles. The minimum atomic E-state index is -0.723. The van der Waals surface area contributed by atoms with Crippen LogP contribution in [0.25, 0.3) is 0 Å². The number of hydrogen-bond acceptors (Lipinski definition) is 4. The maximum absolute atomic E-state index is 10.2. The molecule has 1 aliphatic rings. The molecule has 0 amide bonds. The Labute approximate surface area is 167 Å². The van der Waals surface area contributed by atoms with Crippen LogP contribution in [0.5, 0.6) is 5.75 Å². The zero-order chi connectivity index (χ0) is 19.8. The van der Waals surface area contributed by atoms with E-state index in [1.54, 1.807) is 18.4 Å². The smallest absolute Gasteiger partial charge is 0.191 e. The predicted octanol–water partition coefficient (Wildman–Crippen LogP) is 3.70. The molecule has 2 aromatic rings. The standard InChI is InChI=1S/C22H31N3O3/c1-3-23-22(25-15-19(26)20-9-6-12-27-20)24-14-17-11-10-16(2)13-21(17)28-18-7-4-5-8-18/h6,9-13,18-19,26H,3-5,7-8,14-15H2,1-2H3,(H2,23,24,25). The number of guanidine groups is 1. The van der Waals surface area contributed by atoms with E-state index in [4.69, 9.17) is 9.15 Å². The van der Waals surface area contributed by atoms with Crippen molar-refractivity contribution in [1.82, 2.24) is 10.6 Å². The molecule has 1 fully saturated rings. The second-order valence-electron chi connectivity index (χ2n) is 7.24. The number of aliphatic hydroxyl groups is 1. The SMILES string of the molecule is CCNC(=NCc1ccc(C)cc1OC1CCCC1)NCC(O)c1ccco1. The van der Waals surface area contributed by atoms with E-state index >= 15 is 0 Å². The van der Waals surface area contributed by atoms with Gasteiger partial charge in [0.15, 0.2) is 5.96 Å². The topological polar surface area (TPSA) is 79.0 Å². The molecule has 0 radical (unpaired) electrons. The van der Waals surface area contributed by atoms with E-state index in [1.165, 1.54) is 18.4 Å². The summed E-state index contributed by atoms with van der Waals surface area (Å²) < 4.78 is 11.5. The van der Waals surface area contributed by atoms with Crippen LogP contribution in [0, 0.1) is 6.92 Å². The van der Waals surface area contributed by atoms with Gasteiger partial charge in [-0.3, -0.25) is 0 Å². The van der Waals surface area contributed by atoms with Crippen molar-refractivity contribution in [2.24, 2.45) is 4.99 Å². The first-order valence-corrected chi connectivity index (χ1v) is 10.2. The number of ether oxygens (including phenoxy) is 1. The predicted molar refractivity (Wildman–Crippen MR) is 111 cm³/mol. The summed E-state index contributed by atoms with van der Waals surface area (Å²) >= 11 is 0. The van der Waals surface area contributed by atoms with Gasteiger partial charge >= 0.3 is 0 Å². The molecule has 1 aromatic carbocycles. The third-order valence-electron chi connectivity index (χ3n) is 4.90. The Balaban J connectivity index is 1.64. The average molecular weight is 386 g/mol. The van der Waals surface area contributed by atoms with E-state index in [2.05, 4.69) is 40.7 Å². The van der Waals surface area contributed by atoms with Crippen LogP contribution in [0.15, 0.2) is 46.0 Å². The Kier molecular flexibility index (Phi) is 7.37. The number of hydrogen-bond donors (Lipinski definition) is 3. The van der Waals surface area contributed by atoms with Crippen LogP contribution in [-0.2, 0) is 6.54 Å². The monoisotopic (exact) mass is 385 g/mol. The summed E-state index contributed by atoms with van der Waals surface area (Å²) in [5.41, 5.74) is 2.26. The first-order valence-electron chi connectivity index (χ1n) is 10.2. The van der Waals surface area contributed by atoms with Gasteiger partial charge in [0.1, 0.15) is 17.6 Å². The third kappa shape index (κ3) is 5.76. The molecule has 28 heavy (non-hydrogen) atoms. The third-order valence-corrected chi connectivity index (χ3v) is 4.90. The second-order valence-corrected chi connectivity index (χ2v) is 7.24. The minimum absolute atomic E-state index is 0.318. The van der Waals surface area contributed by atoms with Crippen molar-refractivity contribution in [2.45, 2.75) is 58.3 Å². The fourth-order valence-corrected chi connectivity index (χ4v) is 3.37. The van der Waals surface area contributed by atoms with Crippen LogP contribution in [0.3, 0.4) is 0 Å². The zero-order valence-corrected chi connectivity index (χ0v) is 16.8. The van der Waals surface area contributed by atoms with Gasteiger partial charge in [-0.2, -0.15) is 0 Å². The van der Waals surface area contributed by atoms with Crippen molar-refractivity contribution in [3.8, 4) is 5.75 Å². The van der Waals surface area contributed by atoms with E-state index < -0.39 is 6.10 Å². The normalized spacial score (nSPS) is 16.2. The quantitative estimate of drug-likeness (QED) is 0.477. The molecule has 3 N–H and O–H groups in total. The van der Waals surface area contributed by atoms with Crippen molar-refractivity contribution >= 4 is 5.96 Å². The van der Waals surface area contributed by atoms with Crippen molar-refractivity contribution in [1.29, 1.82) is 0 Å². The van der Waals surface area contributed by atoms with E-state index in [0.29, 0.717) is 30.9 Å². The van der Waals surface area contributed by atoms with E-state index in [1.807, 2.05) is 6.92 Å². The van der Waals surface area contributed by atoms with Gasteiger partial charge in [0, 0.05) is 12.1 Å². The molecule has 1 heterocycles. The minimum Gasteiger partial charge on any atom is -0.490 e. The number of aryl methyl sites for hydroxylation is 1. The molecule has 0 spiro atoms. The number of nitrogens with zero attached hydrogens (tertiary/aromatic N) is 1. The summed E-state index contributed by atoms with van der Waals surface area (Å²) in [6.07, 6.45) is 5.91. The van der Waals surface area contributed by atoms with Gasteiger partial charge in [-0.15, -0.1) is 0 Å². The molecular weight excluding hydrogens is 354 g/mol. The number of aliphatic hydroxyl groups excluding tert-OH is 1. The molecular formula is C22H31N3O3. The fourth-order valence-electron chi connectivity index (χ4n) is 3.37. The van der Waals surface area contributed by atoms with Gasteiger partial charge < -0.3 is 24.9 Å². The molecule has 1 unspecified atom stereocenters. The lowest BCUT2D eigenvalue weighted by Crippen LogP contribution is -2.39. The van der Waals surface area contributed by atoms with Gasteiger partial charge in [0.05, 0.1) is 25.5 Å². The van der Waals surface area contributed by atoms with Gasteiger partial charge in [0.2, 0.25) is 0 Å². The van der Waals surface area contributed by atoms with Gasteiger partial charge in [-0.25, -0.2) is 4.99 Å². The molecule has 6 heteroatoms. The highest BCUT2D eigenvalue weighted by Crippen LogP contribution is 2.28. The number of benzene rings is 1. The number of nitrogens with one attached hydrogen (secondary N) is 2. The summed E-state index contributed by atoms with van der Waals surface area (Å²) in [5, 5.41) is 16.6. The van der Waals surface area contributed by atoms with Crippen molar-refractivity contribution in [3.63, 3.8) is 0 Å². The first-order chi connectivity index (χ1) is 13.7. The van der Waals surface area contributed by atoms with Crippen molar-refractivity contribution in [2.75, 3.05) is 13.1 Å². The Morgan fingerprint density at radius 1 is 1.29 bits per heavy atom. The number of aliphatic imine (C=N–C) groups is 1. The highest BCUT2D eigenvalue weighted by atomic mass is 16.5. The highest BCUT2D eigenvalue weighted by Gasteiger charge is 2.18. The summed E-state index contributed by atoms with van der Waals surface area (Å²) in [4.78, 5) is 4.67. The molecule has 0 bridgehead atoms. The van der Waals surface area contributed by atoms with Crippen LogP contribution in [0.1, 0.15) is 55.6 Å². The molecule has 0 aliphatic heterocycles. The lowest BCUT2D eigenvalue weighted by Gasteiger charge is -2.17. The van der Waals surface area contributed by atoms with Crippen molar-refractivity contribution < 1.29 is 14.3 Å². The summed E-state index contributed by atoms with van der Waals surface area (Å²) in [7, 11) is 0. The Hall–Kier alpha value is -2.47. The molecule has 1 atom stereocenters. The van der Waals surface area contributed by atoms with E-state index in [9.17, 15) is 5.11 Å². The van der Waals surface area contributed by atoms with Crippen molar-refractivity contribution in [3.05, 3.63) is 53.5 Å². The Bertz CT molecular complexity index is 752. The average Bonchev–Trinajstić information content (AvgIpc) is 3.39. The molecule has 1 aliphatic carbocycles. The first kappa shape index (κ1) is 20.3. The van der Waals surface area contributed by atoms with Gasteiger partial charge in [-0.05, 0) is 63.3 Å². The van der Waals surface area contributed by atoms with Crippen LogP contribution >= 0.6 is 0 Å². The maximum Gasteiger partial charge on any atom is 0.191 e. The summed E-state index contributed by atoms with van der Waals surface area (Å²) in [5.74, 6) is 2.12. The van der Waals surface area contributed by atoms with Crippen LogP contribution in [0.2, 0.25) is 0 Å². The molecule has 0 saturated heterocycles. The largest absolute Gasteiger partial charge is 0.490 e. The lowest BCUT2D eigenvalue weighted by molar-refractivity contribution is 0.153. The van der Waals surface area contributed by atoms with Gasteiger partial charge in [-0.1, -0.05) is 12.1 Å². The number of rotatable bonds is 8. The maximum atomic E-state index is 10.2. The molecule has 152 valence electrons.